The molecule has 0 N–H and O–H groups in total. The van der Waals surface area contributed by atoms with Crippen LogP contribution in [0, 0.1) is 36.0 Å². The Morgan fingerprint density at radius 2 is 1.48 bits per heavy atom. The summed E-state index contributed by atoms with van der Waals surface area (Å²) in [6.45, 7) is 1.74. The molecule has 0 spiro atoms. The predicted molar refractivity (Wildman–Crippen MR) is 63.2 cm³/mol. The average Bonchev–Trinajstić information content (AvgIpc) is 2.46. The zero-order valence-electron chi connectivity index (χ0n) is 10.7. The van der Waals surface area contributed by atoms with Gasteiger partial charge in [0.1, 0.15) is 0 Å². The molecule has 0 amide bonds. The van der Waals surface area contributed by atoms with Gasteiger partial charge in [0, 0.05) is 11.9 Å². The number of Topliss-reactive ketones (excluding diaryl/α,β-unsaturated/α-hetero) is 1. The highest BCUT2D eigenvalue weighted by Crippen LogP contribution is 2.24. The van der Waals surface area contributed by atoms with E-state index in [0.29, 0.717) is 0 Å². The van der Waals surface area contributed by atoms with Crippen molar-refractivity contribution in [3.63, 3.8) is 0 Å². The fourth-order valence-corrected chi connectivity index (χ4v) is 1.71. The van der Waals surface area contributed by atoms with Gasteiger partial charge in [-0.3, -0.25) is 9.78 Å². The summed E-state index contributed by atoms with van der Waals surface area (Å²) in [6.07, 6.45) is 0.847. The number of rotatable bonds is 3. The molecule has 0 aliphatic carbocycles. The molecule has 0 bridgehead atoms. The van der Waals surface area contributed by atoms with Gasteiger partial charge in [-0.2, -0.15) is 0 Å². The van der Waals surface area contributed by atoms with Gasteiger partial charge < -0.3 is 0 Å². The van der Waals surface area contributed by atoms with Crippen molar-refractivity contribution < 1.29 is 26.7 Å². The Kier molecular flexibility index (Phi) is 4.02. The van der Waals surface area contributed by atoms with Crippen LogP contribution < -0.4 is 0 Å². The molecule has 1 aromatic heterocycles. The first-order valence-corrected chi connectivity index (χ1v) is 5.79. The maximum Gasteiger partial charge on any atom is 0.200 e. The number of aromatic nitrogens is 1. The van der Waals surface area contributed by atoms with Crippen LogP contribution >= 0.6 is 0 Å². The number of hydrogen-bond acceptors (Lipinski definition) is 2. The summed E-state index contributed by atoms with van der Waals surface area (Å²) in [4.78, 5) is 15.6. The number of aryl methyl sites for hydroxylation is 1. The standard InChI is InChI=1S/C14H8F5NO/c1-6-2-3-7(20-5-6)4-8(21)9-10(15)12(17)14(19)13(18)11(9)16/h2-3,5H,4H2,1H3. The molecule has 0 aliphatic heterocycles. The average molecular weight is 301 g/mol. The van der Waals surface area contributed by atoms with Gasteiger partial charge in [-0.15, -0.1) is 0 Å². The zero-order valence-corrected chi connectivity index (χ0v) is 10.7. The summed E-state index contributed by atoms with van der Waals surface area (Å²) < 4.78 is 65.8. The second-order valence-corrected chi connectivity index (χ2v) is 4.37. The van der Waals surface area contributed by atoms with Crippen LogP contribution in [0.5, 0.6) is 0 Å². The largest absolute Gasteiger partial charge is 0.294 e. The fourth-order valence-electron chi connectivity index (χ4n) is 1.71. The Balaban J connectivity index is 2.42. The van der Waals surface area contributed by atoms with E-state index in [1.165, 1.54) is 12.3 Å². The first-order valence-electron chi connectivity index (χ1n) is 5.79. The summed E-state index contributed by atoms with van der Waals surface area (Å²) in [5, 5.41) is 0. The molecule has 0 fully saturated rings. The topological polar surface area (TPSA) is 30.0 Å². The molecule has 2 aromatic rings. The molecule has 7 heteroatoms. The third-order valence-corrected chi connectivity index (χ3v) is 2.80. The number of benzene rings is 1. The van der Waals surface area contributed by atoms with E-state index in [4.69, 9.17) is 0 Å². The SMILES string of the molecule is Cc1ccc(CC(=O)c2c(F)c(F)c(F)c(F)c2F)nc1. The molecule has 0 saturated carbocycles. The molecule has 0 saturated heterocycles. The molecular formula is C14H8F5NO. The Morgan fingerprint density at radius 1 is 0.952 bits per heavy atom. The van der Waals surface area contributed by atoms with Gasteiger partial charge >= 0.3 is 0 Å². The van der Waals surface area contributed by atoms with Crippen LogP contribution in [-0.4, -0.2) is 10.8 Å². The van der Waals surface area contributed by atoms with Gasteiger partial charge in [0.15, 0.2) is 29.1 Å². The van der Waals surface area contributed by atoms with Crippen molar-refractivity contribution in [2.24, 2.45) is 0 Å². The first kappa shape index (κ1) is 15.1. The minimum Gasteiger partial charge on any atom is -0.294 e. The lowest BCUT2D eigenvalue weighted by atomic mass is 10.0. The molecule has 2 nitrogen and oxygen atoms in total. The summed E-state index contributed by atoms with van der Waals surface area (Å²) in [5.41, 5.74) is -0.495. The Morgan fingerprint density at radius 3 is 1.95 bits per heavy atom. The third-order valence-electron chi connectivity index (χ3n) is 2.80. The smallest absolute Gasteiger partial charge is 0.200 e. The highest BCUT2D eigenvalue weighted by molar-refractivity contribution is 5.97. The molecule has 0 atom stereocenters. The van der Waals surface area contributed by atoms with Crippen molar-refractivity contribution in [2.75, 3.05) is 0 Å². The van der Waals surface area contributed by atoms with Crippen molar-refractivity contribution in [1.82, 2.24) is 4.98 Å². The lowest BCUT2D eigenvalue weighted by molar-refractivity contribution is 0.0980. The van der Waals surface area contributed by atoms with Crippen LogP contribution in [0.1, 0.15) is 21.6 Å². The Labute approximate surface area is 116 Å². The van der Waals surface area contributed by atoms with Gasteiger partial charge in [0.2, 0.25) is 5.82 Å². The maximum atomic E-state index is 13.5. The minimum absolute atomic E-state index is 0.162. The molecular weight excluding hydrogens is 293 g/mol. The molecule has 0 unspecified atom stereocenters. The number of pyridine rings is 1. The van der Waals surface area contributed by atoms with E-state index in [1.54, 1.807) is 13.0 Å². The second-order valence-electron chi connectivity index (χ2n) is 4.37. The summed E-state index contributed by atoms with van der Waals surface area (Å²) >= 11 is 0. The predicted octanol–water partition coefficient (Wildman–Crippen LogP) is 3.51. The van der Waals surface area contributed by atoms with Gasteiger partial charge in [-0.25, -0.2) is 22.0 Å². The number of carbonyl (C=O) groups is 1. The van der Waals surface area contributed by atoms with Crippen molar-refractivity contribution >= 4 is 5.78 Å². The summed E-state index contributed by atoms with van der Waals surface area (Å²) in [6, 6.07) is 3.04. The van der Waals surface area contributed by atoms with Crippen molar-refractivity contribution in [3.05, 3.63) is 64.2 Å². The second kappa shape index (κ2) is 5.59. The van der Waals surface area contributed by atoms with Gasteiger partial charge in [0.25, 0.3) is 0 Å². The lowest BCUT2D eigenvalue weighted by Crippen LogP contribution is -2.15. The fraction of sp³-hybridized carbons (Fsp3) is 0.143. The van der Waals surface area contributed by atoms with Gasteiger partial charge in [-0.05, 0) is 18.6 Å². The normalized spacial score (nSPS) is 10.8. The number of hydrogen-bond donors (Lipinski definition) is 0. The van der Waals surface area contributed by atoms with E-state index in [9.17, 15) is 26.7 Å². The Bertz CT molecular complexity index is 683. The van der Waals surface area contributed by atoms with Gasteiger partial charge in [0.05, 0.1) is 12.0 Å². The van der Waals surface area contributed by atoms with Crippen LogP contribution in [0.15, 0.2) is 18.3 Å². The summed E-state index contributed by atoms with van der Waals surface area (Å²) in [5.74, 6) is -12.1. The quantitative estimate of drug-likeness (QED) is 0.376. The minimum atomic E-state index is -2.30. The van der Waals surface area contributed by atoms with Crippen molar-refractivity contribution in [1.29, 1.82) is 0 Å². The molecule has 110 valence electrons. The monoisotopic (exact) mass is 301 g/mol. The van der Waals surface area contributed by atoms with E-state index in [1.807, 2.05) is 0 Å². The van der Waals surface area contributed by atoms with E-state index >= 15 is 0 Å². The van der Waals surface area contributed by atoms with Crippen LogP contribution in [0.4, 0.5) is 22.0 Å². The Hall–Kier alpha value is -2.31. The van der Waals surface area contributed by atoms with Crippen molar-refractivity contribution in [3.8, 4) is 0 Å². The van der Waals surface area contributed by atoms with Gasteiger partial charge in [-0.1, -0.05) is 6.07 Å². The number of ketones is 1. The zero-order chi connectivity index (χ0) is 15.7. The van der Waals surface area contributed by atoms with Crippen molar-refractivity contribution in [2.45, 2.75) is 13.3 Å². The molecule has 0 aliphatic rings. The molecule has 21 heavy (non-hydrogen) atoms. The lowest BCUT2D eigenvalue weighted by Gasteiger charge is -2.07. The van der Waals surface area contributed by atoms with E-state index in [2.05, 4.69) is 4.98 Å². The maximum absolute atomic E-state index is 13.5. The van der Waals surface area contributed by atoms with E-state index < -0.39 is 46.9 Å². The molecule has 1 heterocycles. The molecule has 1 aromatic carbocycles. The molecule has 2 rings (SSSR count). The van der Waals surface area contributed by atoms with Crippen LogP contribution in [-0.2, 0) is 6.42 Å². The highest BCUT2D eigenvalue weighted by Gasteiger charge is 2.29. The van der Waals surface area contributed by atoms with Crippen LogP contribution in [0.3, 0.4) is 0 Å². The highest BCUT2D eigenvalue weighted by atomic mass is 19.2. The van der Waals surface area contributed by atoms with E-state index in [-0.39, 0.29) is 5.69 Å². The number of halogens is 5. The first-order chi connectivity index (χ1) is 9.82. The van der Waals surface area contributed by atoms with Crippen LogP contribution in [0.25, 0.3) is 0 Å². The number of nitrogens with zero attached hydrogens (tertiary/aromatic N) is 1. The molecule has 0 radical (unpaired) electrons. The van der Waals surface area contributed by atoms with E-state index in [0.717, 1.165) is 5.56 Å². The van der Waals surface area contributed by atoms with Crippen LogP contribution in [0.2, 0.25) is 0 Å². The summed E-state index contributed by atoms with van der Waals surface area (Å²) in [7, 11) is 0. The third kappa shape index (κ3) is 2.76. The number of carbonyl (C=O) groups excluding carboxylic acids is 1.